The van der Waals surface area contributed by atoms with E-state index >= 15 is 0 Å². The summed E-state index contributed by atoms with van der Waals surface area (Å²) < 4.78 is 0. The van der Waals surface area contributed by atoms with Crippen molar-refractivity contribution in [1.29, 1.82) is 0 Å². The summed E-state index contributed by atoms with van der Waals surface area (Å²) in [5.41, 5.74) is 7.07. The molecule has 0 amide bonds. The highest BCUT2D eigenvalue weighted by molar-refractivity contribution is 5.85. The van der Waals surface area contributed by atoms with Crippen LogP contribution in [0.3, 0.4) is 0 Å². The fourth-order valence-electron chi connectivity index (χ4n) is 0.920. The lowest BCUT2D eigenvalue weighted by molar-refractivity contribution is 0.647. The van der Waals surface area contributed by atoms with E-state index in [0.29, 0.717) is 0 Å². The van der Waals surface area contributed by atoms with Gasteiger partial charge in [-0.1, -0.05) is 42.5 Å². The molecule has 0 aromatic heterocycles. The number of hydrogen-bond acceptors (Lipinski definition) is 2. The second-order valence-corrected chi connectivity index (χ2v) is 2.44. The number of hydrogen-bond donors (Lipinski definition) is 2. The quantitative estimate of drug-likeness (QED) is 0.570. The molecule has 0 unspecified atom stereocenters. The van der Waals surface area contributed by atoms with Gasteiger partial charge in [-0.15, -0.1) is 12.4 Å². The zero-order valence-electron chi connectivity index (χ0n) is 7.66. The molecule has 0 radical (unpaired) electrons. The third-order valence-electron chi connectivity index (χ3n) is 1.51. The molecular formula is C10H15ClN2. The lowest BCUT2D eigenvalue weighted by atomic mass is 10.2. The van der Waals surface area contributed by atoms with Crippen LogP contribution in [0, 0.1) is 0 Å². The van der Waals surface area contributed by atoms with Gasteiger partial charge in [-0.3, -0.25) is 10.9 Å². The van der Waals surface area contributed by atoms with Gasteiger partial charge in [-0.25, -0.2) is 0 Å². The van der Waals surface area contributed by atoms with Crippen molar-refractivity contribution in [2.45, 2.75) is 0 Å². The first kappa shape index (κ1) is 12.2. The third-order valence-corrected chi connectivity index (χ3v) is 1.51. The lowest BCUT2D eigenvalue weighted by Gasteiger charge is -1.95. The molecule has 0 aliphatic carbocycles. The highest BCUT2D eigenvalue weighted by Gasteiger charge is 1.80. The minimum atomic E-state index is 0. The average Bonchev–Trinajstić information content (AvgIpc) is 2.14. The van der Waals surface area contributed by atoms with Crippen molar-refractivity contribution < 1.29 is 0 Å². The summed E-state index contributed by atoms with van der Waals surface area (Å²) in [5, 5.41) is 0. The molecule has 0 saturated carbocycles. The number of rotatable bonds is 4. The van der Waals surface area contributed by atoms with Crippen LogP contribution in [0.5, 0.6) is 0 Å². The number of benzene rings is 1. The molecule has 3 heteroatoms. The van der Waals surface area contributed by atoms with E-state index in [4.69, 9.17) is 0 Å². The van der Waals surface area contributed by atoms with Crippen LogP contribution in [0.2, 0.25) is 0 Å². The van der Waals surface area contributed by atoms with Crippen LogP contribution >= 0.6 is 12.4 Å². The molecule has 0 aliphatic heterocycles. The first-order valence-electron chi connectivity index (χ1n) is 4.04. The molecule has 0 heterocycles. The van der Waals surface area contributed by atoms with Crippen molar-refractivity contribution in [3.05, 3.63) is 42.0 Å². The monoisotopic (exact) mass is 198 g/mol. The highest BCUT2D eigenvalue weighted by Crippen LogP contribution is 1.99. The van der Waals surface area contributed by atoms with Gasteiger partial charge >= 0.3 is 0 Å². The first-order chi connectivity index (χ1) is 5.93. The highest BCUT2D eigenvalue weighted by atomic mass is 35.5. The van der Waals surface area contributed by atoms with E-state index in [1.54, 1.807) is 0 Å². The van der Waals surface area contributed by atoms with Crippen LogP contribution < -0.4 is 10.9 Å². The SMILES string of the molecule is CNNC/C=C/c1ccccc1.Cl. The molecular weight excluding hydrogens is 184 g/mol. The van der Waals surface area contributed by atoms with Gasteiger partial charge in [-0.05, 0) is 12.6 Å². The molecule has 2 nitrogen and oxygen atoms in total. The average molecular weight is 199 g/mol. The van der Waals surface area contributed by atoms with Gasteiger partial charge < -0.3 is 0 Å². The van der Waals surface area contributed by atoms with Crippen LogP contribution in [0.1, 0.15) is 5.56 Å². The summed E-state index contributed by atoms with van der Waals surface area (Å²) >= 11 is 0. The molecule has 1 aromatic carbocycles. The van der Waals surface area contributed by atoms with Crippen molar-refractivity contribution in [3.63, 3.8) is 0 Å². The second kappa shape index (κ2) is 7.80. The fourth-order valence-corrected chi connectivity index (χ4v) is 0.920. The zero-order valence-corrected chi connectivity index (χ0v) is 8.47. The van der Waals surface area contributed by atoms with Gasteiger partial charge in [0.2, 0.25) is 0 Å². The van der Waals surface area contributed by atoms with Gasteiger partial charge in [0.15, 0.2) is 0 Å². The molecule has 0 atom stereocenters. The van der Waals surface area contributed by atoms with E-state index in [0.717, 1.165) is 6.54 Å². The van der Waals surface area contributed by atoms with Crippen molar-refractivity contribution in [2.24, 2.45) is 0 Å². The molecule has 72 valence electrons. The van der Waals surface area contributed by atoms with E-state index in [1.807, 2.05) is 25.2 Å². The Hall–Kier alpha value is -0.830. The van der Waals surface area contributed by atoms with Gasteiger partial charge in [-0.2, -0.15) is 0 Å². The van der Waals surface area contributed by atoms with Gasteiger partial charge in [0.1, 0.15) is 0 Å². The fraction of sp³-hybridized carbons (Fsp3) is 0.200. The normalized spacial score (nSPS) is 9.92. The maximum absolute atomic E-state index is 2.98. The van der Waals surface area contributed by atoms with Crippen molar-refractivity contribution in [2.75, 3.05) is 13.6 Å². The summed E-state index contributed by atoms with van der Waals surface area (Å²) in [6, 6.07) is 10.2. The van der Waals surface area contributed by atoms with Gasteiger partial charge in [0.25, 0.3) is 0 Å². The maximum Gasteiger partial charge on any atom is 0.0284 e. The van der Waals surface area contributed by atoms with E-state index in [2.05, 4.69) is 35.1 Å². The molecule has 13 heavy (non-hydrogen) atoms. The third kappa shape index (κ3) is 5.42. The predicted octanol–water partition coefficient (Wildman–Crippen LogP) is 1.85. The summed E-state index contributed by atoms with van der Waals surface area (Å²) in [5.74, 6) is 0. The van der Waals surface area contributed by atoms with Gasteiger partial charge in [0.05, 0.1) is 0 Å². The molecule has 1 aromatic rings. The Bertz CT molecular complexity index is 234. The number of hydrazine groups is 1. The Morgan fingerprint density at radius 3 is 2.54 bits per heavy atom. The minimum Gasteiger partial charge on any atom is -0.261 e. The van der Waals surface area contributed by atoms with Crippen molar-refractivity contribution in [3.8, 4) is 0 Å². The van der Waals surface area contributed by atoms with Gasteiger partial charge in [0, 0.05) is 6.54 Å². The molecule has 0 bridgehead atoms. The summed E-state index contributed by atoms with van der Waals surface area (Å²) in [6.45, 7) is 0.839. The Kier molecular flexibility index (Phi) is 7.30. The summed E-state index contributed by atoms with van der Waals surface area (Å²) in [7, 11) is 1.86. The summed E-state index contributed by atoms with van der Waals surface area (Å²) in [4.78, 5) is 0. The van der Waals surface area contributed by atoms with Crippen LogP contribution in [0.4, 0.5) is 0 Å². The van der Waals surface area contributed by atoms with Crippen LogP contribution in [0.25, 0.3) is 6.08 Å². The van der Waals surface area contributed by atoms with Crippen LogP contribution in [-0.2, 0) is 0 Å². The number of nitrogens with one attached hydrogen (secondary N) is 2. The molecule has 0 spiro atoms. The molecule has 0 saturated heterocycles. The van der Waals surface area contributed by atoms with Crippen LogP contribution in [-0.4, -0.2) is 13.6 Å². The van der Waals surface area contributed by atoms with E-state index in [1.165, 1.54) is 5.56 Å². The maximum atomic E-state index is 2.98. The topological polar surface area (TPSA) is 24.1 Å². The molecule has 0 fully saturated rings. The zero-order chi connectivity index (χ0) is 8.65. The predicted molar refractivity (Wildman–Crippen MR) is 59.8 cm³/mol. The Morgan fingerprint density at radius 1 is 1.23 bits per heavy atom. The van der Waals surface area contributed by atoms with Crippen molar-refractivity contribution >= 4 is 18.5 Å². The smallest absolute Gasteiger partial charge is 0.0284 e. The molecule has 0 aliphatic rings. The lowest BCUT2D eigenvalue weighted by Crippen LogP contribution is -2.27. The molecule has 2 N–H and O–H groups in total. The minimum absolute atomic E-state index is 0. The van der Waals surface area contributed by atoms with Crippen LogP contribution in [0.15, 0.2) is 36.4 Å². The Morgan fingerprint density at radius 2 is 1.92 bits per heavy atom. The Labute approximate surface area is 85.4 Å². The first-order valence-corrected chi connectivity index (χ1v) is 4.04. The van der Waals surface area contributed by atoms with E-state index in [-0.39, 0.29) is 12.4 Å². The standard InChI is InChI=1S/C10H14N2.ClH/c1-11-12-9-5-8-10-6-3-2-4-7-10;/h2-8,11-12H,9H2,1H3;1H/b8-5+;. The summed E-state index contributed by atoms with van der Waals surface area (Å²) in [6.07, 6.45) is 4.16. The number of halogens is 1. The Balaban J connectivity index is 0.00000144. The second-order valence-electron chi connectivity index (χ2n) is 2.44. The van der Waals surface area contributed by atoms with E-state index in [9.17, 15) is 0 Å². The van der Waals surface area contributed by atoms with E-state index < -0.39 is 0 Å². The van der Waals surface area contributed by atoms with Crippen molar-refractivity contribution in [1.82, 2.24) is 10.9 Å². The largest absolute Gasteiger partial charge is 0.261 e. The molecule has 1 rings (SSSR count).